The van der Waals surface area contributed by atoms with E-state index in [1.165, 1.54) is 0 Å². The van der Waals surface area contributed by atoms with E-state index in [2.05, 4.69) is 26.1 Å². The molecule has 0 unspecified atom stereocenters. The Labute approximate surface area is 74.1 Å². The topological polar surface area (TPSA) is 15.3 Å². The summed E-state index contributed by atoms with van der Waals surface area (Å²) in [6, 6.07) is 0.00926. The van der Waals surface area contributed by atoms with Crippen LogP contribution in [0, 0.1) is 0 Å². The van der Waals surface area contributed by atoms with Gasteiger partial charge in [-0.15, -0.1) is 0 Å². The van der Waals surface area contributed by atoms with Crippen LogP contribution in [0.3, 0.4) is 0 Å². The molecule has 1 aliphatic rings. The second kappa shape index (κ2) is 3.30. The summed E-state index contributed by atoms with van der Waals surface area (Å²) in [5.41, 5.74) is 0.0141. The Kier molecular flexibility index (Phi) is 2.74. The molecule has 1 fully saturated rings. The number of likely N-dealkylation sites (N-methyl/N-ethyl adjacent to an activating group) is 1. The van der Waals surface area contributed by atoms with E-state index in [-0.39, 0.29) is 11.6 Å². The SMILES string of the molecule is CN1C[C@@H](F)[C@@H](NC(C)(C)C)C1. The predicted octanol–water partition coefficient (Wildman–Crippen LogP) is 1.03. The van der Waals surface area contributed by atoms with Crippen molar-refractivity contribution in [2.45, 2.75) is 38.5 Å². The molecule has 2 atom stereocenters. The van der Waals surface area contributed by atoms with Gasteiger partial charge < -0.3 is 10.2 Å². The summed E-state index contributed by atoms with van der Waals surface area (Å²) in [5.74, 6) is 0. The predicted molar refractivity (Wildman–Crippen MR) is 49.1 cm³/mol. The van der Waals surface area contributed by atoms with Gasteiger partial charge in [-0.2, -0.15) is 0 Å². The highest BCUT2D eigenvalue weighted by Crippen LogP contribution is 2.14. The van der Waals surface area contributed by atoms with Gasteiger partial charge in [0.05, 0.1) is 6.04 Å². The Bertz CT molecular complexity index is 153. The number of hydrogen-bond acceptors (Lipinski definition) is 2. The summed E-state index contributed by atoms with van der Waals surface area (Å²) >= 11 is 0. The fourth-order valence-corrected chi connectivity index (χ4v) is 1.64. The maximum absolute atomic E-state index is 13.3. The van der Waals surface area contributed by atoms with E-state index in [0.29, 0.717) is 6.54 Å². The van der Waals surface area contributed by atoms with Crippen molar-refractivity contribution in [1.82, 2.24) is 10.2 Å². The molecule has 12 heavy (non-hydrogen) atoms. The summed E-state index contributed by atoms with van der Waals surface area (Å²) in [5, 5.41) is 3.28. The third-order valence-electron chi connectivity index (χ3n) is 2.05. The lowest BCUT2D eigenvalue weighted by molar-refractivity contribution is 0.256. The first-order valence-electron chi connectivity index (χ1n) is 4.49. The van der Waals surface area contributed by atoms with Crippen molar-refractivity contribution in [3.63, 3.8) is 0 Å². The van der Waals surface area contributed by atoms with Crippen molar-refractivity contribution in [3.05, 3.63) is 0 Å². The van der Waals surface area contributed by atoms with Gasteiger partial charge in [-0.1, -0.05) is 0 Å². The number of rotatable bonds is 1. The fraction of sp³-hybridized carbons (Fsp3) is 1.00. The van der Waals surface area contributed by atoms with Gasteiger partial charge in [0.25, 0.3) is 0 Å². The quantitative estimate of drug-likeness (QED) is 0.638. The summed E-state index contributed by atoms with van der Waals surface area (Å²) in [4.78, 5) is 2.02. The minimum absolute atomic E-state index is 0.00926. The Balaban J connectivity index is 2.43. The van der Waals surface area contributed by atoms with Crippen LogP contribution in [0.4, 0.5) is 4.39 Å². The van der Waals surface area contributed by atoms with Gasteiger partial charge >= 0.3 is 0 Å². The molecule has 1 aliphatic heterocycles. The molecular formula is C9H19FN2. The van der Waals surface area contributed by atoms with Crippen LogP contribution >= 0.6 is 0 Å². The third-order valence-corrected chi connectivity index (χ3v) is 2.05. The largest absolute Gasteiger partial charge is 0.305 e. The van der Waals surface area contributed by atoms with Crippen LogP contribution in [0.5, 0.6) is 0 Å². The first kappa shape index (κ1) is 9.93. The van der Waals surface area contributed by atoms with E-state index >= 15 is 0 Å². The van der Waals surface area contributed by atoms with Crippen molar-refractivity contribution in [3.8, 4) is 0 Å². The normalized spacial score (nSPS) is 32.8. The zero-order valence-corrected chi connectivity index (χ0v) is 8.39. The Hall–Kier alpha value is -0.150. The van der Waals surface area contributed by atoms with Crippen LogP contribution in [0.15, 0.2) is 0 Å². The first-order chi connectivity index (χ1) is 5.38. The second-order valence-electron chi connectivity index (χ2n) is 4.74. The van der Waals surface area contributed by atoms with E-state index in [0.717, 1.165) is 6.54 Å². The molecule has 0 aliphatic carbocycles. The molecule has 0 radical (unpaired) electrons. The van der Waals surface area contributed by atoms with Crippen molar-refractivity contribution in [2.75, 3.05) is 20.1 Å². The number of alkyl halides is 1. The summed E-state index contributed by atoms with van der Waals surface area (Å²) < 4.78 is 13.3. The fourth-order valence-electron chi connectivity index (χ4n) is 1.64. The van der Waals surface area contributed by atoms with Crippen molar-refractivity contribution >= 4 is 0 Å². The summed E-state index contributed by atoms with van der Waals surface area (Å²) in [6.07, 6.45) is -0.714. The van der Waals surface area contributed by atoms with Crippen LogP contribution in [0.2, 0.25) is 0 Å². The van der Waals surface area contributed by atoms with Gasteiger partial charge in [0.1, 0.15) is 6.17 Å². The maximum atomic E-state index is 13.3. The molecule has 0 spiro atoms. The lowest BCUT2D eigenvalue weighted by atomic mass is 10.1. The molecule has 2 nitrogen and oxygen atoms in total. The van der Waals surface area contributed by atoms with E-state index < -0.39 is 6.17 Å². The lowest BCUT2D eigenvalue weighted by Gasteiger charge is -2.26. The average Bonchev–Trinajstić information content (AvgIpc) is 2.06. The number of halogens is 1. The molecule has 1 heterocycles. The molecule has 0 aromatic rings. The highest BCUT2D eigenvalue weighted by Gasteiger charge is 2.32. The van der Waals surface area contributed by atoms with Gasteiger partial charge in [-0.3, -0.25) is 0 Å². The molecule has 0 amide bonds. The molecule has 0 saturated carbocycles. The molecule has 0 bridgehead atoms. The smallest absolute Gasteiger partial charge is 0.129 e. The number of nitrogens with one attached hydrogen (secondary N) is 1. The molecular weight excluding hydrogens is 155 g/mol. The molecule has 0 aromatic carbocycles. The molecule has 1 rings (SSSR count). The van der Waals surface area contributed by atoms with Crippen LogP contribution in [-0.4, -0.2) is 42.8 Å². The van der Waals surface area contributed by atoms with Gasteiger partial charge in [0.15, 0.2) is 0 Å². The molecule has 0 aromatic heterocycles. The molecule has 72 valence electrons. The van der Waals surface area contributed by atoms with E-state index in [1.807, 2.05) is 11.9 Å². The monoisotopic (exact) mass is 174 g/mol. The number of likely N-dealkylation sites (tertiary alicyclic amines) is 1. The summed E-state index contributed by atoms with van der Waals surface area (Å²) in [6.45, 7) is 7.58. The number of hydrogen-bond donors (Lipinski definition) is 1. The Morgan fingerprint density at radius 1 is 1.33 bits per heavy atom. The van der Waals surface area contributed by atoms with Gasteiger partial charge in [0.2, 0.25) is 0 Å². The molecule has 1 N–H and O–H groups in total. The zero-order chi connectivity index (χ0) is 9.35. The second-order valence-corrected chi connectivity index (χ2v) is 4.74. The first-order valence-corrected chi connectivity index (χ1v) is 4.49. The van der Waals surface area contributed by atoms with E-state index in [1.54, 1.807) is 0 Å². The van der Waals surface area contributed by atoms with E-state index in [4.69, 9.17) is 0 Å². The van der Waals surface area contributed by atoms with Crippen LogP contribution in [-0.2, 0) is 0 Å². The van der Waals surface area contributed by atoms with Crippen LogP contribution < -0.4 is 5.32 Å². The number of nitrogens with zero attached hydrogens (tertiary/aromatic N) is 1. The zero-order valence-electron chi connectivity index (χ0n) is 8.39. The minimum atomic E-state index is -0.714. The average molecular weight is 174 g/mol. The highest BCUT2D eigenvalue weighted by molar-refractivity contribution is 4.91. The lowest BCUT2D eigenvalue weighted by Crippen LogP contribution is -2.48. The van der Waals surface area contributed by atoms with Gasteiger partial charge in [-0.25, -0.2) is 4.39 Å². The van der Waals surface area contributed by atoms with Crippen molar-refractivity contribution in [1.29, 1.82) is 0 Å². The van der Waals surface area contributed by atoms with Crippen molar-refractivity contribution < 1.29 is 4.39 Å². The van der Waals surface area contributed by atoms with Crippen LogP contribution in [0.25, 0.3) is 0 Å². The Morgan fingerprint density at radius 3 is 2.25 bits per heavy atom. The summed E-state index contributed by atoms with van der Waals surface area (Å²) in [7, 11) is 1.96. The maximum Gasteiger partial charge on any atom is 0.129 e. The molecule has 1 saturated heterocycles. The highest BCUT2D eigenvalue weighted by atomic mass is 19.1. The van der Waals surface area contributed by atoms with Gasteiger partial charge in [-0.05, 0) is 27.8 Å². The van der Waals surface area contributed by atoms with E-state index in [9.17, 15) is 4.39 Å². The third kappa shape index (κ3) is 2.72. The minimum Gasteiger partial charge on any atom is -0.305 e. The van der Waals surface area contributed by atoms with Crippen molar-refractivity contribution in [2.24, 2.45) is 0 Å². The van der Waals surface area contributed by atoms with Gasteiger partial charge in [0, 0.05) is 18.6 Å². The Morgan fingerprint density at radius 2 is 1.92 bits per heavy atom. The molecule has 3 heteroatoms. The van der Waals surface area contributed by atoms with Crippen LogP contribution in [0.1, 0.15) is 20.8 Å². The standard InChI is InChI=1S/C9H19FN2/c1-9(2,3)11-8-6-12(4)5-7(8)10/h7-8,11H,5-6H2,1-4H3/t7-,8+/m1/s1.